The summed E-state index contributed by atoms with van der Waals surface area (Å²) in [6.45, 7) is 5.13. The highest BCUT2D eigenvalue weighted by molar-refractivity contribution is 6.31. The summed E-state index contributed by atoms with van der Waals surface area (Å²) in [6.07, 6.45) is 0. The highest BCUT2D eigenvalue weighted by Crippen LogP contribution is 2.25. The molecule has 8 heteroatoms. The number of halogens is 2. The topological polar surface area (TPSA) is 62.6 Å². The predicted molar refractivity (Wildman–Crippen MR) is 138 cm³/mol. The minimum absolute atomic E-state index is 0.0456. The van der Waals surface area contributed by atoms with Gasteiger partial charge in [-0.2, -0.15) is 5.26 Å². The van der Waals surface area contributed by atoms with Crippen LogP contribution in [0.5, 0.6) is 0 Å². The molecule has 1 aliphatic heterocycles. The van der Waals surface area contributed by atoms with Crippen molar-refractivity contribution in [1.29, 1.82) is 5.26 Å². The molecule has 1 N–H and O–H groups in total. The SMILES string of the molecule is CN1CCN(CCN(C(=O)Nc2ccc(F)c(Cl)c2)c2ccc(-c3cccc(C#N)c3)cc2)CC1. The van der Waals surface area contributed by atoms with Gasteiger partial charge in [-0.15, -0.1) is 0 Å². The largest absolute Gasteiger partial charge is 0.326 e. The van der Waals surface area contributed by atoms with Crippen LogP contribution in [0.4, 0.5) is 20.6 Å². The molecule has 0 bridgehead atoms. The van der Waals surface area contributed by atoms with Gasteiger partial charge in [0.2, 0.25) is 0 Å². The lowest BCUT2D eigenvalue weighted by molar-refractivity contribution is 0.157. The Labute approximate surface area is 210 Å². The lowest BCUT2D eigenvalue weighted by atomic mass is 10.0. The first-order chi connectivity index (χ1) is 16.9. The van der Waals surface area contributed by atoms with Crippen LogP contribution in [-0.2, 0) is 0 Å². The Morgan fingerprint density at radius 2 is 1.80 bits per heavy atom. The van der Waals surface area contributed by atoms with Gasteiger partial charge < -0.3 is 10.2 Å². The zero-order valence-corrected chi connectivity index (χ0v) is 20.3. The lowest BCUT2D eigenvalue weighted by Gasteiger charge is -2.34. The van der Waals surface area contributed by atoms with Crippen molar-refractivity contribution in [3.8, 4) is 17.2 Å². The Kier molecular flexibility index (Phi) is 7.98. The number of nitriles is 1. The van der Waals surface area contributed by atoms with Crippen molar-refractivity contribution in [3.05, 3.63) is 83.1 Å². The van der Waals surface area contributed by atoms with E-state index in [1.165, 1.54) is 18.2 Å². The fourth-order valence-corrected chi connectivity index (χ4v) is 4.21. The number of carbonyl (C=O) groups is 1. The first-order valence-corrected chi connectivity index (χ1v) is 11.9. The van der Waals surface area contributed by atoms with Crippen LogP contribution >= 0.6 is 11.6 Å². The first kappa shape index (κ1) is 24.7. The lowest BCUT2D eigenvalue weighted by Crippen LogP contribution is -2.48. The molecule has 0 aliphatic carbocycles. The van der Waals surface area contributed by atoms with Gasteiger partial charge in [0, 0.05) is 50.6 Å². The molecule has 0 atom stereocenters. The number of benzene rings is 3. The van der Waals surface area contributed by atoms with Crippen molar-refractivity contribution in [1.82, 2.24) is 9.80 Å². The Bertz CT molecular complexity index is 1220. The second-order valence-electron chi connectivity index (χ2n) is 8.60. The van der Waals surface area contributed by atoms with Gasteiger partial charge in [-0.1, -0.05) is 35.9 Å². The van der Waals surface area contributed by atoms with Gasteiger partial charge in [-0.25, -0.2) is 9.18 Å². The van der Waals surface area contributed by atoms with E-state index in [0.29, 0.717) is 17.8 Å². The molecule has 0 unspecified atom stereocenters. The molecule has 180 valence electrons. The second-order valence-corrected chi connectivity index (χ2v) is 9.00. The molecule has 0 aromatic heterocycles. The third kappa shape index (κ3) is 6.37. The molecule has 6 nitrogen and oxygen atoms in total. The average Bonchev–Trinajstić information content (AvgIpc) is 2.88. The molecule has 0 radical (unpaired) electrons. The van der Waals surface area contributed by atoms with Crippen LogP contribution in [0, 0.1) is 17.1 Å². The molecule has 0 saturated carbocycles. The average molecular weight is 492 g/mol. The number of likely N-dealkylation sites (N-methyl/N-ethyl adjacent to an activating group) is 1. The quantitative estimate of drug-likeness (QED) is 0.508. The number of hydrogen-bond donors (Lipinski definition) is 1. The van der Waals surface area contributed by atoms with Gasteiger partial charge in [-0.3, -0.25) is 9.80 Å². The predicted octanol–water partition coefficient (Wildman–Crippen LogP) is 5.30. The van der Waals surface area contributed by atoms with E-state index in [2.05, 4.69) is 28.2 Å². The van der Waals surface area contributed by atoms with Crippen molar-refractivity contribution in [2.75, 3.05) is 56.5 Å². The number of piperazine rings is 1. The molecule has 3 aromatic carbocycles. The fraction of sp³-hybridized carbons (Fsp3) is 0.259. The number of urea groups is 1. The molecular formula is C27H27ClFN5O. The van der Waals surface area contributed by atoms with Gasteiger partial charge in [0.25, 0.3) is 0 Å². The van der Waals surface area contributed by atoms with Crippen molar-refractivity contribution in [3.63, 3.8) is 0 Å². The van der Waals surface area contributed by atoms with E-state index in [0.717, 1.165) is 49.5 Å². The zero-order chi connectivity index (χ0) is 24.8. The summed E-state index contributed by atoms with van der Waals surface area (Å²) in [5, 5.41) is 12.0. The van der Waals surface area contributed by atoms with Crippen LogP contribution in [0.1, 0.15) is 5.56 Å². The van der Waals surface area contributed by atoms with E-state index in [-0.39, 0.29) is 11.1 Å². The first-order valence-electron chi connectivity index (χ1n) is 11.5. The molecule has 1 saturated heterocycles. The highest BCUT2D eigenvalue weighted by atomic mass is 35.5. The van der Waals surface area contributed by atoms with E-state index in [1.54, 1.807) is 11.0 Å². The number of nitrogens with one attached hydrogen (secondary N) is 1. The summed E-state index contributed by atoms with van der Waals surface area (Å²) < 4.78 is 13.6. The molecule has 1 heterocycles. The van der Waals surface area contributed by atoms with E-state index in [9.17, 15) is 14.4 Å². The van der Waals surface area contributed by atoms with Crippen LogP contribution in [0.15, 0.2) is 66.7 Å². The van der Waals surface area contributed by atoms with Gasteiger partial charge in [-0.05, 0) is 60.6 Å². The molecule has 0 spiro atoms. The van der Waals surface area contributed by atoms with Crippen LogP contribution in [-0.4, -0.2) is 62.1 Å². The zero-order valence-electron chi connectivity index (χ0n) is 19.5. The minimum Gasteiger partial charge on any atom is -0.307 e. The van der Waals surface area contributed by atoms with E-state index in [4.69, 9.17) is 11.6 Å². The van der Waals surface area contributed by atoms with Crippen LogP contribution in [0.3, 0.4) is 0 Å². The molecule has 4 rings (SSSR count). The summed E-state index contributed by atoms with van der Waals surface area (Å²) >= 11 is 5.89. The van der Waals surface area contributed by atoms with E-state index < -0.39 is 5.82 Å². The summed E-state index contributed by atoms with van der Waals surface area (Å²) in [5.74, 6) is -0.535. The number of hydrogen-bond acceptors (Lipinski definition) is 4. The van der Waals surface area contributed by atoms with Gasteiger partial charge in [0.05, 0.1) is 16.7 Å². The maximum Gasteiger partial charge on any atom is 0.326 e. The Morgan fingerprint density at radius 3 is 2.49 bits per heavy atom. The Hall–Kier alpha value is -3.44. The smallest absolute Gasteiger partial charge is 0.307 e. The summed E-state index contributed by atoms with van der Waals surface area (Å²) in [5.41, 5.74) is 3.65. The van der Waals surface area contributed by atoms with Crippen molar-refractivity contribution < 1.29 is 9.18 Å². The van der Waals surface area contributed by atoms with Gasteiger partial charge >= 0.3 is 6.03 Å². The number of rotatable bonds is 6. The number of nitrogens with zero attached hydrogens (tertiary/aromatic N) is 4. The Balaban J connectivity index is 1.54. The van der Waals surface area contributed by atoms with E-state index in [1.807, 2.05) is 42.5 Å². The van der Waals surface area contributed by atoms with Gasteiger partial charge in [0.1, 0.15) is 5.82 Å². The van der Waals surface area contributed by atoms with Gasteiger partial charge in [0.15, 0.2) is 0 Å². The minimum atomic E-state index is -0.535. The third-order valence-electron chi connectivity index (χ3n) is 6.16. The molecule has 2 amide bonds. The maximum atomic E-state index is 13.6. The normalized spacial score (nSPS) is 14.3. The van der Waals surface area contributed by atoms with Crippen molar-refractivity contribution in [2.45, 2.75) is 0 Å². The Morgan fingerprint density at radius 1 is 1.06 bits per heavy atom. The van der Waals surface area contributed by atoms with E-state index >= 15 is 0 Å². The number of amides is 2. The third-order valence-corrected chi connectivity index (χ3v) is 6.45. The number of carbonyl (C=O) groups excluding carboxylic acids is 1. The summed E-state index contributed by atoms with van der Waals surface area (Å²) in [7, 11) is 2.11. The van der Waals surface area contributed by atoms with Crippen molar-refractivity contribution >= 4 is 29.0 Å². The second kappa shape index (κ2) is 11.3. The molecule has 3 aromatic rings. The highest BCUT2D eigenvalue weighted by Gasteiger charge is 2.20. The van der Waals surface area contributed by atoms with Crippen LogP contribution in [0.25, 0.3) is 11.1 Å². The molecular weight excluding hydrogens is 465 g/mol. The molecule has 1 fully saturated rings. The maximum absolute atomic E-state index is 13.6. The summed E-state index contributed by atoms with van der Waals surface area (Å²) in [6, 6.07) is 21.1. The molecule has 35 heavy (non-hydrogen) atoms. The van der Waals surface area contributed by atoms with Crippen LogP contribution in [0.2, 0.25) is 5.02 Å². The summed E-state index contributed by atoms with van der Waals surface area (Å²) in [4.78, 5) is 19.6. The van der Waals surface area contributed by atoms with Crippen LogP contribution < -0.4 is 10.2 Å². The monoisotopic (exact) mass is 491 g/mol. The number of anilines is 2. The standard InChI is InChI=1S/C27H27ClFN5O/c1-32-11-13-33(14-12-32)15-16-34(27(35)31-23-7-10-26(29)25(28)18-23)24-8-5-21(6-9-24)22-4-2-3-20(17-22)19-30/h2-10,17-18H,11-16H2,1H3,(H,31,35). The van der Waals surface area contributed by atoms with Crippen molar-refractivity contribution in [2.24, 2.45) is 0 Å². The fourth-order valence-electron chi connectivity index (χ4n) is 4.03. The molecule has 1 aliphatic rings.